The second-order valence-electron chi connectivity index (χ2n) is 7.28. The zero-order chi connectivity index (χ0) is 20.8. The van der Waals surface area contributed by atoms with E-state index >= 15 is 0 Å². The summed E-state index contributed by atoms with van der Waals surface area (Å²) in [6.45, 7) is 9.18. The number of hydrogen-bond acceptors (Lipinski definition) is 3. The van der Waals surface area contributed by atoms with Gasteiger partial charge in [0, 0.05) is 22.9 Å². The first-order chi connectivity index (χ1) is 13.2. The molecule has 3 amide bonds. The highest BCUT2D eigenvalue weighted by atomic mass is 16.2. The molecule has 0 aliphatic heterocycles. The largest absolute Gasteiger partial charge is 0.343 e. The lowest BCUT2D eigenvalue weighted by Gasteiger charge is -2.13. The molecule has 0 unspecified atom stereocenters. The molecule has 0 spiro atoms. The fourth-order valence-electron chi connectivity index (χ4n) is 2.68. The van der Waals surface area contributed by atoms with E-state index in [1.54, 1.807) is 24.3 Å². The molecule has 0 fully saturated rings. The van der Waals surface area contributed by atoms with E-state index in [1.165, 1.54) is 0 Å². The Balaban J connectivity index is 1.98. The van der Waals surface area contributed by atoms with Crippen LogP contribution < -0.4 is 16.0 Å². The molecule has 0 radical (unpaired) electrons. The molecule has 2 aromatic carbocycles. The minimum atomic E-state index is -0.340. The number of carbonyl (C=O) groups excluding carboxylic acids is 3. The Hall–Kier alpha value is -3.15. The summed E-state index contributed by atoms with van der Waals surface area (Å²) in [5, 5.41) is 8.22. The van der Waals surface area contributed by atoms with Crippen molar-refractivity contribution in [3.8, 4) is 0 Å². The van der Waals surface area contributed by atoms with E-state index in [4.69, 9.17) is 0 Å². The molecule has 3 N–H and O–H groups in total. The predicted molar refractivity (Wildman–Crippen MR) is 112 cm³/mol. The van der Waals surface area contributed by atoms with Gasteiger partial charge in [-0.3, -0.25) is 14.4 Å². The van der Waals surface area contributed by atoms with Gasteiger partial charge in [0.1, 0.15) is 0 Å². The predicted octanol–water partition coefficient (Wildman–Crippen LogP) is 3.57. The highest BCUT2D eigenvalue weighted by molar-refractivity contribution is 6.00. The smallest absolute Gasteiger partial charge is 0.251 e. The van der Waals surface area contributed by atoms with Gasteiger partial charge in [0.25, 0.3) is 5.91 Å². The topological polar surface area (TPSA) is 87.3 Å². The van der Waals surface area contributed by atoms with Gasteiger partial charge in [-0.1, -0.05) is 37.1 Å². The van der Waals surface area contributed by atoms with Crippen molar-refractivity contribution < 1.29 is 14.4 Å². The van der Waals surface area contributed by atoms with E-state index in [2.05, 4.69) is 16.0 Å². The summed E-state index contributed by atoms with van der Waals surface area (Å²) in [5.74, 6) is -0.869. The first-order valence-electron chi connectivity index (χ1n) is 9.23. The molecule has 148 valence electrons. The summed E-state index contributed by atoms with van der Waals surface area (Å²) in [7, 11) is 0. The van der Waals surface area contributed by atoms with Gasteiger partial charge in [0.2, 0.25) is 11.8 Å². The van der Waals surface area contributed by atoms with Crippen LogP contribution in [0.2, 0.25) is 0 Å². The van der Waals surface area contributed by atoms with E-state index in [1.807, 2.05) is 46.8 Å². The Morgan fingerprint density at radius 1 is 0.893 bits per heavy atom. The first kappa shape index (κ1) is 21.2. The minimum absolute atomic E-state index is 0.0955. The molecular weight excluding hydrogens is 354 g/mol. The number of benzene rings is 2. The van der Waals surface area contributed by atoms with Crippen molar-refractivity contribution in [1.82, 2.24) is 5.32 Å². The van der Waals surface area contributed by atoms with E-state index in [0.717, 1.165) is 16.7 Å². The fraction of sp³-hybridized carbons (Fsp3) is 0.318. The van der Waals surface area contributed by atoms with Crippen LogP contribution in [0.3, 0.4) is 0 Å². The quantitative estimate of drug-likeness (QED) is 0.715. The number of rotatable bonds is 6. The van der Waals surface area contributed by atoms with Crippen LogP contribution in [0.25, 0.3) is 0 Å². The molecule has 0 bridgehead atoms. The van der Waals surface area contributed by atoms with Gasteiger partial charge in [-0.05, 0) is 50.6 Å². The normalized spacial score (nSPS) is 10.5. The van der Waals surface area contributed by atoms with E-state index in [0.29, 0.717) is 16.9 Å². The van der Waals surface area contributed by atoms with Crippen LogP contribution in [-0.4, -0.2) is 24.3 Å². The number of carbonyl (C=O) groups is 3. The Bertz CT molecular complexity index is 884. The standard InChI is InChI=1S/C22H27N3O3/c1-13(2)21(27)24-18-7-6-16(5)19(11-18)25-20(26)12-23-22(28)17-9-14(3)8-15(4)10-17/h6-11,13H,12H2,1-5H3,(H,23,28)(H,24,27)(H,25,26). The van der Waals surface area contributed by atoms with E-state index in [9.17, 15) is 14.4 Å². The van der Waals surface area contributed by atoms with Gasteiger partial charge in [-0.25, -0.2) is 0 Å². The highest BCUT2D eigenvalue weighted by Crippen LogP contribution is 2.20. The minimum Gasteiger partial charge on any atom is -0.343 e. The van der Waals surface area contributed by atoms with Crippen LogP contribution in [0.15, 0.2) is 36.4 Å². The average Bonchev–Trinajstić information content (AvgIpc) is 2.61. The first-order valence-corrected chi connectivity index (χ1v) is 9.23. The maximum absolute atomic E-state index is 12.3. The van der Waals surface area contributed by atoms with Gasteiger partial charge >= 0.3 is 0 Å². The van der Waals surface area contributed by atoms with Crippen LogP contribution in [0, 0.1) is 26.7 Å². The summed E-state index contributed by atoms with van der Waals surface area (Å²) >= 11 is 0. The van der Waals surface area contributed by atoms with Crippen molar-refractivity contribution in [1.29, 1.82) is 0 Å². The van der Waals surface area contributed by atoms with Crippen LogP contribution >= 0.6 is 0 Å². The average molecular weight is 381 g/mol. The van der Waals surface area contributed by atoms with Gasteiger partial charge < -0.3 is 16.0 Å². The lowest BCUT2D eigenvalue weighted by Crippen LogP contribution is -2.33. The molecule has 2 aromatic rings. The van der Waals surface area contributed by atoms with Gasteiger partial charge in [-0.2, -0.15) is 0 Å². The molecule has 0 saturated heterocycles. The summed E-state index contributed by atoms with van der Waals surface area (Å²) in [6, 6.07) is 10.9. The van der Waals surface area contributed by atoms with Crippen molar-refractivity contribution in [2.45, 2.75) is 34.6 Å². The zero-order valence-electron chi connectivity index (χ0n) is 17.0. The lowest BCUT2D eigenvalue weighted by molar-refractivity contribution is -0.119. The number of amides is 3. The summed E-state index contributed by atoms with van der Waals surface area (Å²) in [6.07, 6.45) is 0. The van der Waals surface area contributed by atoms with Crippen LogP contribution in [0.5, 0.6) is 0 Å². The maximum Gasteiger partial charge on any atom is 0.251 e. The third kappa shape index (κ3) is 5.94. The summed E-state index contributed by atoms with van der Waals surface area (Å²) < 4.78 is 0. The molecule has 0 atom stereocenters. The molecule has 0 saturated carbocycles. The van der Waals surface area contributed by atoms with Crippen LogP contribution in [0.1, 0.15) is 40.9 Å². The van der Waals surface area contributed by atoms with Crippen LogP contribution in [-0.2, 0) is 9.59 Å². The van der Waals surface area contributed by atoms with Gasteiger partial charge in [-0.15, -0.1) is 0 Å². The van der Waals surface area contributed by atoms with Gasteiger partial charge in [0.15, 0.2) is 0 Å². The molecule has 28 heavy (non-hydrogen) atoms. The van der Waals surface area contributed by atoms with Crippen LogP contribution in [0.4, 0.5) is 11.4 Å². The SMILES string of the molecule is Cc1cc(C)cc(C(=O)NCC(=O)Nc2cc(NC(=O)C(C)C)ccc2C)c1. The van der Waals surface area contributed by atoms with E-state index < -0.39 is 0 Å². The Morgan fingerprint density at radius 2 is 1.54 bits per heavy atom. The molecule has 6 nitrogen and oxygen atoms in total. The summed E-state index contributed by atoms with van der Waals surface area (Å²) in [5.41, 5.74) is 4.57. The molecule has 0 aromatic heterocycles. The van der Waals surface area contributed by atoms with Crippen molar-refractivity contribution in [3.05, 3.63) is 58.7 Å². The highest BCUT2D eigenvalue weighted by Gasteiger charge is 2.12. The molecule has 2 rings (SSSR count). The Labute approximate surface area is 165 Å². The van der Waals surface area contributed by atoms with Gasteiger partial charge in [0.05, 0.1) is 6.54 Å². The zero-order valence-corrected chi connectivity index (χ0v) is 17.0. The summed E-state index contributed by atoms with van der Waals surface area (Å²) in [4.78, 5) is 36.4. The second kappa shape index (κ2) is 9.17. The lowest BCUT2D eigenvalue weighted by atomic mass is 10.1. The fourth-order valence-corrected chi connectivity index (χ4v) is 2.68. The maximum atomic E-state index is 12.3. The molecular formula is C22H27N3O3. The van der Waals surface area contributed by atoms with Crippen molar-refractivity contribution >= 4 is 29.1 Å². The monoisotopic (exact) mass is 381 g/mol. The van der Waals surface area contributed by atoms with E-state index in [-0.39, 0.29) is 30.2 Å². The Morgan fingerprint density at radius 3 is 2.14 bits per heavy atom. The molecule has 6 heteroatoms. The Kier molecular flexibility index (Phi) is 6.93. The molecule has 0 aliphatic carbocycles. The third-order valence-electron chi connectivity index (χ3n) is 4.20. The number of anilines is 2. The number of nitrogens with one attached hydrogen (secondary N) is 3. The van der Waals surface area contributed by atoms with Crippen molar-refractivity contribution in [3.63, 3.8) is 0 Å². The molecule has 0 heterocycles. The number of hydrogen-bond donors (Lipinski definition) is 3. The van der Waals surface area contributed by atoms with Crippen molar-refractivity contribution in [2.75, 3.05) is 17.2 Å². The second-order valence-corrected chi connectivity index (χ2v) is 7.28. The molecule has 0 aliphatic rings. The third-order valence-corrected chi connectivity index (χ3v) is 4.20. The van der Waals surface area contributed by atoms with Crippen molar-refractivity contribution in [2.24, 2.45) is 5.92 Å². The number of aryl methyl sites for hydroxylation is 3.